The third kappa shape index (κ3) is 2.44. The van der Waals surface area contributed by atoms with Crippen LogP contribution in [0.3, 0.4) is 0 Å². The summed E-state index contributed by atoms with van der Waals surface area (Å²) in [6.45, 7) is 4.55. The highest BCUT2D eigenvalue weighted by atomic mass is 16.5. The average molecular weight is 406 g/mol. The molecule has 0 unspecified atom stereocenters. The molecule has 156 valence electrons. The quantitative estimate of drug-likeness (QED) is 0.792. The van der Waals surface area contributed by atoms with E-state index in [1.54, 1.807) is 0 Å². The van der Waals surface area contributed by atoms with Gasteiger partial charge >= 0.3 is 0 Å². The van der Waals surface area contributed by atoms with Crippen molar-refractivity contribution in [3.05, 3.63) is 42.2 Å². The number of carbonyl (C=O) groups is 2. The van der Waals surface area contributed by atoms with E-state index in [1.807, 2.05) is 53.1 Å². The number of likely N-dealkylation sites (tertiary alicyclic amines) is 2. The second kappa shape index (κ2) is 6.41. The van der Waals surface area contributed by atoms with Gasteiger partial charge in [-0.25, -0.2) is 4.98 Å². The van der Waals surface area contributed by atoms with Crippen LogP contribution < -0.4 is 0 Å². The summed E-state index contributed by atoms with van der Waals surface area (Å²) in [7, 11) is 0. The summed E-state index contributed by atoms with van der Waals surface area (Å²) in [6, 6.07) is 8.02. The van der Waals surface area contributed by atoms with Crippen molar-refractivity contribution < 1.29 is 14.3 Å². The maximum atomic E-state index is 13.6. The smallest absolute Gasteiger partial charge is 0.230 e. The molecule has 30 heavy (non-hydrogen) atoms. The molecule has 2 amide bonds. The number of H-pyrrole nitrogens is 1. The lowest BCUT2D eigenvalue weighted by Crippen LogP contribution is -2.48. The molecule has 1 aromatic carbocycles. The lowest BCUT2D eigenvalue weighted by Gasteiger charge is -2.35. The van der Waals surface area contributed by atoms with Crippen molar-refractivity contribution in [2.45, 2.75) is 37.4 Å². The van der Waals surface area contributed by atoms with E-state index in [0.717, 1.165) is 36.2 Å². The molecule has 1 spiro atoms. The molecular formula is C23H26N4O3. The van der Waals surface area contributed by atoms with Gasteiger partial charge in [0.2, 0.25) is 11.8 Å². The molecular weight excluding hydrogens is 380 g/mol. The van der Waals surface area contributed by atoms with Gasteiger partial charge in [-0.15, -0.1) is 0 Å². The normalized spacial score (nSPS) is 34.9. The van der Waals surface area contributed by atoms with Crippen molar-refractivity contribution >= 4 is 22.8 Å². The Balaban J connectivity index is 1.25. The first-order valence-corrected chi connectivity index (χ1v) is 11.0. The SMILES string of the molecule is CCN1C[C@@]23C=C[C@@H](O2)[C@H](C(=O)N2CCC[C@@H](c4nc5ccccc5[nH]4)C2)[C@H]3C1=O. The number of ether oxygens (including phenoxy) is 1. The van der Waals surface area contributed by atoms with Crippen LogP contribution in [0.1, 0.15) is 31.5 Å². The van der Waals surface area contributed by atoms with Crippen LogP contribution in [-0.2, 0) is 14.3 Å². The molecule has 5 heterocycles. The van der Waals surface area contributed by atoms with E-state index in [2.05, 4.69) is 4.98 Å². The monoisotopic (exact) mass is 406 g/mol. The van der Waals surface area contributed by atoms with Gasteiger partial charge in [0.1, 0.15) is 11.4 Å². The van der Waals surface area contributed by atoms with Gasteiger partial charge in [0.15, 0.2) is 0 Å². The number of nitrogens with one attached hydrogen (secondary N) is 1. The number of aromatic amines is 1. The number of amides is 2. The van der Waals surface area contributed by atoms with Gasteiger partial charge in [0.25, 0.3) is 0 Å². The van der Waals surface area contributed by atoms with E-state index >= 15 is 0 Å². The summed E-state index contributed by atoms with van der Waals surface area (Å²) in [6.07, 6.45) is 5.67. The van der Waals surface area contributed by atoms with Gasteiger partial charge in [-0.3, -0.25) is 9.59 Å². The number of rotatable bonds is 3. The van der Waals surface area contributed by atoms with Crippen molar-refractivity contribution in [2.75, 3.05) is 26.2 Å². The highest BCUT2D eigenvalue weighted by Gasteiger charge is 2.67. The van der Waals surface area contributed by atoms with Crippen LogP contribution in [0.15, 0.2) is 36.4 Å². The number of hydrogen-bond acceptors (Lipinski definition) is 4. The number of hydrogen-bond donors (Lipinski definition) is 1. The van der Waals surface area contributed by atoms with Crippen LogP contribution in [0.5, 0.6) is 0 Å². The zero-order chi connectivity index (χ0) is 20.5. The fourth-order valence-electron chi connectivity index (χ4n) is 5.91. The summed E-state index contributed by atoms with van der Waals surface area (Å²) < 4.78 is 6.22. The van der Waals surface area contributed by atoms with Gasteiger partial charge < -0.3 is 19.5 Å². The molecule has 1 N–H and O–H groups in total. The molecule has 4 aliphatic rings. The van der Waals surface area contributed by atoms with Crippen LogP contribution in [-0.4, -0.2) is 69.5 Å². The molecule has 1 aromatic heterocycles. The Bertz CT molecular complexity index is 1030. The molecule has 4 aliphatic heterocycles. The molecule has 2 aromatic rings. The summed E-state index contributed by atoms with van der Waals surface area (Å²) in [5, 5.41) is 0. The van der Waals surface area contributed by atoms with E-state index in [0.29, 0.717) is 19.6 Å². The molecule has 7 heteroatoms. The van der Waals surface area contributed by atoms with E-state index in [4.69, 9.17) is 9.72 Å². The Morgan fingerprint density at radius 2 is 2.23 bits per heavy atom. The van der Waals surface area contributed by atoms with Crippen LogP contribution in [0, 0.1) is 11.8 Å². The maximum absolute atomic E-state index is 13.6. The zero-order valence-electron chi connectivity index (χ0n) is 17.1. The van der Waals surface area contributed by atoms with Crippen molar-refractivity contribution in [1.29, 1.82) is 0 Å². The lowest BCUT2D eigenvalue weighted by atomic mass is 9.76. The first kappa shape index (κ1) is 18.1. The first-order chi connectivity index (χ1) is 14.6. The van der Waals surface area contributed by atoms with Crippen molar-refractivity contribution in [3.63, 3.8) is 0 Å². The van der Waals surface area contributed by atoms with E-state index in [-0.39, 0.29) is 29.8 Å². The summed E-state index contributed by atoms with van der Waals surface area (Å²) in [5.74, 6) is 0.464. The third-order valence-electron chi connectivity index (χ3n) is 7.37. The number of carbonyl (C=O) groups excluding carboxylic acids is 2. The largest absolute Gasteiger partial charge is 0.360 e. The summed E-state index contributed by atoms with van der Waals surface area (Å²) >= 11 is 0. The molecule has 3 fully saturated rings. The minimum absolute atomic E-state index is 0.0586. The van der Waals surface area contributed by atoms with Gasteiger partial charge in [-0.05, 0) is 31.9 Å². The molecule has 0 saturated carbocycles. The maximum Gasteiger partial charge on any atom is 0.230 e. The average Bonchev–Trinajstić information content (AvgIpc) is 3.52. The second-order valence-electron chi connectivity index (χ2n) is 9.02. The van der Waals surface area contributed by atoms with Crippen molar-refractivity contribution in [2.24, 2.45) is 11.8 Å². The Morgan fingerprint density at radius 3 is 3.07 bits per heavy atom. The van der Waals surface area contributed by atoms with Crippen LogP contribution in [0.25, 0.3) is 11.0 Å². The fourth-order valence-corrected chi connectivity index (χ4v) is 5.91. The fraction of sp³-hybridized carbons (Fsp3) is 0.522. The molecule has 2 bridgehead atoms. The number of aromatic nitrogens is 2. The second-order valence-corrected chi connectivity index (χ2v) is 9.02. The van der Waals surface area contributed by atoms with Gasteiger partial charge in [0, 0.05) is 25.6 Å². The Kier molecular flexibility index (Phi) is 3.87. The van der Waals surface area contributed by atoms with Crippen molar-refractivity contribution in [1.82, 2.24) is 19.8 Å². The lowest BCUT2D eigenvalue weighted by molar-refractivity contribution is -0.144. The van der Waals surface area contributed by atoms with E-state index in [9.17, 15) is 9.59 Å². The summed E-state index contributed by atoms with van der Waals surface area (Å²) in [5.41, 5.74) is 1.38. The minimum atomic E-state index is -0.605. The van der Waals surface area contributed by atoms with Gasteiger partial charge in [0.05, 0.1) is 35.5 Å². The molecule has 3 saturated heterocycles. The number of likely N-dealkylation sites (N-methyl/N-ethyl adjacent to an activating group) is 1. The molecule has 0 aliphatic carbocycles. The molecule has 6 rings (SSSR count). The Hall–Kier alpha value is -2.67. The van der Waals surface area contributed by atoms with Crippen LogP contribution in [0.2, 0.25) is 0 Å². The van der Waals surface area contributed by atoms with Crippen LogP contribution in [0.4, 0.5) is 0 Å². The van der Waals surface area contributed by atoms with Crippen molar-refractivity contribution in [3.8, 4) is 0 Å². The van der Waals surface area contributed by atoms with E-state index in [1.165, 1.54) is 0 Å². The number of benzene rings is 1. The van der Waals surface area contributed by atoms with Gasteiger partial charge in [-0.1, -0.05) is 24.3 Å². The van der Waals surface area contributed by atoms with E-state index < -0.39 is 11.5 Å². The number of piperidine rings is 1. The third-order valence-corrected chi connectivity index (χ3v) is 7.37. The number of fused-ring (bicyclic) bond motifs is 2. The molecule has 5 atom stereocenters. The molecule has 0 radical (unpaired) electrons. The zero-order valence-corrected chi connectivity index (χ0v) is 17.1. The molecule has 7 nitrogen and oxygen atoms in total. The summed E-state index contributed by atoms with van der Waals surface area (Å²) in [4.78, 5) is 38.6. The standard InChI is InChI=1S/C23H26N4O3/c1-2-26-13-23-10-9-17(30-23)18(19(23)22(26)29)21(28)27-11-5-6-14(12-27)20-24-15-7-3-4-8-16(15)25-20/h3-4,7-10,14,17-19H,2,5-6,11-13H2,1H3,(H,24,25)/t14-,17-,18+,19+,23-/m1/s1. The highest BCUT2D eigenvalue weighted by Crippen LogP contribution is 2.52. The van der Waals surface area contributed by atoms with Crippen LogP contribution >= 0.6 is 0 Å². The Labute approximate surface area is 175 Å². The predicted octanol–water partition coefficient (Wildman–Crippen LogP) is 2.07. The topological polar surface area (TPSA) is 78.5 Å². The highest BCUT2D eigenvalue weighted by molar-refractivity contribution is 5.93. The number of nitrogens with zero attached hydrogens (tertiary/aromatic N) is 3. The first-order valence-electron chi connectivity index (χ1n) is 11.0. The minimum Gasteiger partial charge on any atom is -0.360 e. The number of para-hydroxylation sites is 2. The predicted molar refractivity (Wildman–Crippen MR) is 111 cm³/mol. The Morgan fingerprint density at radius 1 is 1.37 bits per heavy atom. The van der Waals surface area contributed by atoms with Gasteiger partial charge in [-0.2, -0.15) is 0 Å². The number of imidazole rings is 1.